The summed E-state index contributed by atoms with van der Waals surface area (Å²) in [7, 11) is 1.66. The molecule has 5 aliphatic rings. The normalized spacial score (nSPS) is 30.9. The summed E-state index contributed by atoms with van der Waals surface area (Å²) in [5, 5.41) is 36.1. The largest absolute Gasteiger partial charge is 0.496 e. The molecule has 0 amide bonds. The third-order valence-electron chi connectivity index (χ3n) is 9.69. The Labute approximate surface area is 224 Å². The number of aliphatic hydroxyl groups excluding tert-OH is 2. The maximum Gasteiger partial charge on any atom is 0.224 e. The van der Waals surface area contributed by atoms with Gasteiger partial charge >= 0.3 is 0 Å². The molecule has 7 rings (SSSR count). The van der Waals surface area contributed by atoms with E-state index in [9.17, 15) is 15.5 Å². The van der Waals surface area contributed by atoms with Gasteiger partial charge in [-0.05, 0) is 61.3 Å². The lowest BCUT2D eigenvalue weighted by molar-refractivity contribution is -0.168. The molecule has 2 heterocycles. The van der Waals surface area contributed by atoms with Crippen molar-refractivity contribution in [2.24, 2.45) is 28.6 Å². The summed E-state index contributed by atoms with van der Waals surface area (Å²) in [5.74, 6) is 3.98. The molecule has 1 aliphatic heterocycles. The van der Waals surface area contributed by atoms with Crippen LogP contribution < -0.4 is 15.4 Å². The fourth-order valence-electron chi connectivity index (χ4n) is 8.23. The van der Waals surface area contributed by atoms with E-state index in [1.54, 1.807) is 13.3 Å². The van der Waals surface area contributed by atoms with E-state index in [0.717, 1.165) is 36.9 Å². The molecule has 5 fully saturated rings. The highest BCUT2D eigenvalue weighted by Gasteiger charge is 2.59. The minimum atomic E-state index is -0.313. The van der Waals surface area contributed by atoms with Gasteiger partial charge in [-0.3, -0.25) is 4.90 Å². The van der Waals surface area contributed by atoms with Crippen molar-refractivity contribution in [2.45, 2.75) is 44.7 Å². The van der Waals surface area contributed by atoms with Crippen molar-refractivity contribution in [3.63, 3.8) is 0 Å². The molecule has 1 aromatic carbocycles. The third kappa shape index (κ3) is 4.49. The van der Waals surface area contributed by atoms with Crippen molar-refractivity contribution in [3.8, 4) is 11.8 Å². The number of benzene rings is 1. The number of hydrogen-bond donors (Lipinski definition) is 4. The Morgan fingerprint density at radius 2 is 1.84 bits per heavy atom. The highest BCUT2D eigenvalue weighted by Crippen LogP contribution is 2.62. The molecule has 4 bridgehead atoms. The Kier molecular flexibility index (Phi) is 6.67. The van der Waals surface area contributed by atoms with Gasteiger partial charge in [0, 0.05) is 43.2 Å². The number of nitrogens with zero attached hydrogens (tertiary/aromatic N) is 4. The number of anilines is 2. The van der Waals surface area contributed by atoms with Gasteiger partial charge in [-0.25, -0.2) is 4.98 Å². The molecule has 9 nitrogen and oxygen atoms in total. The maximum absolute atomic E-state index is 9.76. The Bertz CT molecular complexity index is 1190. The average Bonchev–Trinajstić information content (AvgIpc) is 2.91. The smallest absolute Gasteiger partial charge is 0.224 e. The van der Waals surface area contributed by atoms with E-state index in [1.807, 2.05) is 24.3 Å². The van der Waals surface area contributed by atoms with Crippen LogP contribution in [0.4, 0.5) is 11.8 Å². The maximum atomic E-state index is 9.76. The first-order valence-corrected chi connectivity index (χ1v) is 13.8. The summed E-state index contributed by atoms with van der Waals surface area (Å²) in [6.45, 7) is 3.09. The molecular weight excluding hydrogens is 480 g/mol. The Morgan fingerprint density at radius 3 is 2.53 bits per heavy atom. The predicted octanol–water partition coefficient (Wildman–Crippen LogP) is 2.86. The molecule has 1 aromatic heterocycles. The first-order chi connectivity index (χ1) is 18.5. The van der Waals surface area contributed by atoms with Gasteiger partial charge in [0.2, 0.25) is 5.95 Å². The molecule has 0 radical (unpaired) electrons. The summed E-state index contributed by atoms with van der Waals surface area (Å²) in [6, 6.07) is 10.7. The van der Waals surface area contributed by atoms with E-state index in [-0.39, 0.29) is 24.0 Å². The zero-order valence-corrected chi connectivity index (χ0v) is 22.1. The summed E-state index contributed by atoms with van der Waals surface area (Å²) in [5.41, 5.74) is 1.38. The number of nitrogens with one attached hydrogen (secondary N) is 2. The zero-order valence-electron chi connectivity index (χ0n) is 22.1. The average molecular weight is 519 g/mol. The highest BCUT2D eigenvalue weighted by molar-refractivity contribution is 5.53. The van der Waals surface area contributed by atoms with Crippen molar-refractivity contribution < 1.29 is 14.9 Å². The van der Waals surface area contributed by atoms with E-state index in [0.29, 0.717) is 41.8 Å². The summed E-state index contributed by atoms with van der Waals surface area (Å²) in [6.07, 6.45) is 7.78. The van der Waals surface area contributed by atoms with Gasteiger partial charge in [0.25, 0.3) is 0 Å². The van der Waals surface area contributed by atoms with Crippen LogP contribution in [0.15, 0.2) is 30.5 Å². The van der Waals surface area contributed by atoms with E-state index in [4.69, 9.17) is 4.74 Å². The monoisotopic (exact) mass is 518 g/mol. The molecule has 2 aromatic rings. The predicted molar refractivity (Wildman–Crippen MR) is 144 cm³/mol. The van der Waals surface area contributed by atoms with Crippen LogP contribution in [-0.2, 0) is 6.54 Å². The van der Waals surface area contributed by atoms with Crippen LogP contribution in [0.2, 0.25) is 0 Å². The third-order valence-corrected chi connectivity index (χ3v) is 9.69. The van der Waals surface area contributed by atoms with Gasteiger partial charge in [0.1, 0.15) is 23.2 Å². The number of hydrogen-bond acceptors (Lipinski definition) is 9. The van der Waals surface area contributed by atoms with Crippen LogP contribution in [0.1, 0.15) is 43.2 Å². The molecule has 3 unspecified atom stereocenters. The van der Waals surface area contributed by atoms with Crippen LogP contribution in [-0.4, -0.2) is 71.1 Å². The number of likely N-dealkylation sites (tertiary alicyclic amines) is 1. The SMILES string of the molecule is COc1ccccc1CNc1ncc(C#N)c(NCC23CC4C[C@H](C2)C(N2CC(CO)(CO)C2)[C@@H](C4)C3)n1. The second-order valence-electron chi connectivity index (χ2n) is 12.3. The minimum Gasteiger partial charge on any atom is -0.496 e. The van der Waals surface area contributed by atoms with Crippen molar-refractivity contribution >= 4 is 11.8 Å². The van der Waals surface area contributed by atoms with Crippen LogP contribution in [0, 0.1) is 39.9 Å². The summed E-state index contributed by atoms with van der Waals surface area (Å²) < 4.78 is 5.44. The number of para-hydroxylation sites is 1. The van der Waals surface area contributed by atoms with Crippen LogP contribution in [0.25, 0.3) is 0 Å². The van der Waals surface area contributed by atoms with Gasteiger partial charge in [0.05, 0.1) is 26.5 Å². The van der Waals surface area contributed by atoms with Crippen molar-refractivity contribution in [1.82, 2.24) is 14.9 Å². The first-order valence-electron chi connectivity index (χ1n) is 13.8. The molecule has 0 spiro atoms. The standard InChI is InChI=1S/C29H38N6O3/c1-38-24-5-3-2-4-20(24)12-31-27-32-13-23(11-30)26(34-27)33-14-28-8-19-6-21(9-28)25(22(7-19)10-28)35-15-29(16-35,17-36)18-37/h2-5,13,19,21-22,25,36-37H,6-10,12,14-18H2,1H3,(H2,31,32,33,34)/t19?,21-,22+,25?,28?. The fraction of sp³-hybridized carbons (Fsp3) is 0.621. The molecule has 38 heavy (non-hydrogen) atoms. The van der Waals surface area contributed by atoms with Gasteiger partial charge < -0.3 is 25.6 Å². The number of nitriles is 1. The van der Waals surface area contributed by atoms with Crippen molar-refractivity contribution in [3.05, 3.63) is 41.6 Å². The van der Waals surface area contributed by atoms with Gasteiger partial charge in [-0.1, -0.05) is 18.2 Å². The number of aromatic nitrogens is 2. The van der Waals surface area contributed by atoms with Crippen LogP contribution in [0.5, 0.6) is 5.75 Å². The molecule has 4 saturated carbocycles. The minimum absolute atomic E-state index is 0.0639. The second-order valence-corrected chi connectivity index (χ2v) is 12.3. The quantitative estimate of drug-likeness (QED) is 0.375. The number of rotatable bonds is 10. The Hall–Kier alpha value is -2.93. The van der Waals surface area contributed by atoms with E-state index < -0.39 is 0 Å². The number of ether oxygens (including phenoxy) is 1. The van der Waals surface area contributed by atoms with Gasteiger partial charge in [-0.15, -0.1) is 0 Å². The highest BCUT2D eigenvalue weighted by atomic mass is 16.5. The van der Waals surface area contributed by atoms with Gasteiger partial charge in [-0.2, -0.15) is 10.2 Å². The summed E-state index contributed by atoms with van der Waals surface area (Å²) >= 11 is 0. The first kappa shape index (κ1) is 25.4. The lowest BCUT2D eigenvalue weighted by Gasteiger charge is -2.65. The fourth-order valence-corrected chi connectivity index (χ4v) is 8.23. The number of methoxy groups -OCH3 is 1. The Balaban J connectivity index is 1.12. The van der Waals surface area contributed by atoms with Gasteiger partial charge in [0.15, 0.2) is 0 Å². The molecule has 202 valence electrons. The topological polar surface area (TPSA) is 127 Å². The molecular formula is C29H38N6O3. The van der Waals surface area contributed by atoms with E-state index in [1.165, 1.54) is 32.1 Å². The van der Waals surface area contributed by atoms with Crippen molar-refractivity contribution in [1.29, 1.82) is 5.26 Å². The lowest BCUT2D eigenvalue weighted by Crippen LogP contribution is -2.69. The molecule has 4 aliphatic carbocycles. The molecule has 9 heteroatoms. The summed E-state index contributed by atoms with van der Waals surface area (Å²) in [4.78, 5) is 11.6. The van der Waals surface area contributed by atoms with Crippen molar-refractivity contribution in [2.75, 3.05) is 50.6 Å². The van der Waals surface area contributed by atoms with Crippen LogP contribution in [0.3, 0.4) is 0 Å². The lowest BCUT2D eigenvalue weighted by atomic mass is 9.47. The molecule has 4 N–H and O–H groups in total. The van der Waals surface area contributed by atoms with E-state index >= 15 is 0 Å². The molecule has 1 saturated heterocycles. The number of aliphatic hydroxyl groups is 2. The molecule has 5 atom stereocenters. The second kappa shape index (κ2) is 9.99. The zero-order chi connectivity index (χ0) is 26.3. The Morgan fingerprint density at radius 1 is 1.11 bits per heavy atom. The van der Waals surface area contributed by atoms with Crippen LogP contribution >= 0.6 is 0 Å². The van der Waals surface area contributed by atoms with E-state index in [2.05, 4.69) is 31.6 Å².